The van der Waals surface area contributed by atoms with Crippen LogP contribution in [0.5, 0.6) is 0 Å². The second-order valence-electron chi connectivity index (χ2n) is 7.63. The summed E-state index contributed by atoms with van der Waals surface area (Å²) in [6.45, 7) is 2.01. The molecule has 5 heteroatoms. The van der Waals surface area contributed by atoms with Gasteiger partial charge in [-0.1, -0.05) is 35.4 Å². The zero-order valence-corrected chi connectivity index (χ0v) is 21.7. The van der Waals surface area contributed by atoms with Crippen molar-refractivity contribution >= 4 is 11.4 Å². The standard InChI is InChI=1S/C16H11N2.C15H11N2.Ir/c1-3-10-17-15(8-1)13-6-5-7-14(12-13)16-9-2-4-11-18-16;1-3-7-14(8-4-1)16-11-12-17(13-16)15-9-5-2-6-10-15;/h1-11H;1-7,9,11-13H;/q-1;-3;. The Kier molecular flexibility index (Phi) is 8.76. The molecule has 0 unspecified atom stereocenters. The molecular formula is C31H22IrN4-4. The summed E-state index contributed by atoms with van der Waals surface area (Å²) in [4.78, 5) is 12.7. The van der Waals surface area contributed by atoms with Gasteiger partial charge in [0.15, 0.2) is 0 Å². The van der Waals surface area contributed by atoms with E-state index >= 15 is 0 Å². The predicted molar refractivity (Wildman–Crippen MR) is 141 cm³/mol. The molecule has 0 fully saturated rings. The minimum atomic E-state index is 0. The molecule has 0 N–H and O–H groups in total. The third-order valence-electron chi connectivity index (χ3n) is 5.26. The van der Waals surface area contributed by atoms with Gasteiger partial charge in [0.2, 0.25) is 0 Å². The van der Waals surface area contributed by atoms with Gasteiger partial charge in [0.05, 0.1) is 0 Å². The van der Waals surface area contributed by atoms with Gasteiger partial charge in [0.25, 0.3) is 0 Å². The maximum absolute atomic E-state index is 4.33. The maximum Gasteiger partial charge on any atom is 0.0183 e. The first-order valence-corrected chi connectivity index (χ1v) is 11.3. The molecule has 0 amide bonds. The molecule has 2 aromatic heterocycles. The van der Waals surface area contributed by atoms with Crippen molar-refractivity contribution in [1.29, 1.82) is 0 Å². The second-order valence-corrected chi connectivity index (χ2v) is 7.63. The summed E-state index contributed by atoms with van der Waals surface area (Å²) in [6, 6.07) is 43.3. The molecule has 3 heterocycles. The summed E-state index contributed by atoms with van der Waals surface area (Å²) >= 11 is 0. The van der Waals surface area contributed by atoms with Crippen molar-refractivity contribution < 1.29 is 20.1 Å². The van der Waals surface area contributed by atoms with Crippen molar-refractivity contribution in [3.8, 4) is 22.5 Å². The number of benzene rings is 3. The van der Waals surface area contributed by atoms with Gasteiger partial charge in [0, 0.05) is 43.9 Å². The Morgan fingerprint density at radius 3 is 1.47 bits per heavy atom. The van der Waals surface area contributed by atoms with Gasteiger partial charge in [-0.3, -0.25) is 9.97 Å². The molecule has 0 saturated heterocycles. The molecule has 0 atom stereocenters. The topological polar surface area (TPSA) is 32.3 Å². The first-order valence-electron chi connectivity index (χ1n) is 11.3. The third kappa shape index (κ3) is 6.33. The average Bonchev–Trinajstić information content (AvgIpc) is 3.46. The molecule has 179 valence electrons. The van der Waals surface area contributed by atoms with Gasteiger partial charge in [-0.15, -0.1) is 42.3 Å². The number of anilines is 2. The van der Waals surface area contributed by atoms with E-state index < -0.39 is 0 Å². The molecule has 1 aliphatic heterocycles. The van der Waals surface area contributed by atoms with Crippen LogP contribution in [0.2, 0.25) is 0 Å². The van der Waals surface area contributed by atoms with Crippen LogP contribution >= 0.6 is 0 Å². The van der Waals surface area contributed by atoms with Crippen molar-refractivity contribution in [2.45, 2.75) is 0 Å². The average molecular weight is 643 g/mol. The van der Waals surface area contributed by atoms with Crippen LogP contribution in [0.4, 0.5) is 11.4 Å². The van der Waals surface area contributed by atoms with E-state index in [4.69, 9.17) is 0 Å². The second kappa shape index (κ2) is 12.6. The first-order chi connectivity index (χ1) is 17.4. The monoisotopic (exact) mass is 643 g/mol. The molecule has 6 rings (SSSR count). The van der Waals surface area contributed by atoms with Crippen molar-refractivity contribution in [1.82, 2.24) is 9.97 Å². The number of pyridine rings is 2. The molecule has 5 aromatic rings. The zero-order valence-electron chi connectivity index (χ0n) is 19.3. The number of aromatic nitrogens is 2. The molecule has 0 bridgehead atoms. The Hall–Kier alpha value is -4.05. The van der Waals surface area contributed by atoms with Crippen molar-refractivity contribution in [2.75, 3.05) is 9.80 Å². The normalized spacial score (nSPS) is 11.9. The fraction of sp³-hybridized carbons (Fsp3) is 0. The van der Waals surface area contributed by atoms with Crippen molar-refractivity contribution in [3.05, 3.63) is 153 Å². The molecule has 3 aromatic carbocycles. The summed E-state index contributed by atoms with van der Waals surface area (Å²) in [5.41, 5.74) is 5.88. The quantitative estimate of drug-likeness (QED) is 0.202. The van der Waals surface area contributed by atoms with E-state index in [0.717, 1.165) is 33.9 Å². The SMILES string of the molecule is [Ir].[c-]1c(-c2ccccn2)cccc1-c1ccccn1.[c-]1ccccc1N1C=CN(c2[c-]cccc2)[CH-]1. The van der Waals surface area contributed by atoms with Gasteiger partial charge in [-0.2, -0.15) is 60.7 Å². The van der Waals surface area contributed by atoms with Crippen LogP contribution < -0.4 is 9.80 Å². The summed E-state index contributed by atoms with van der Waals surface area (Å²) < 4.78 is 0. The van der Waals surface area contributed by atoms with Gasteiger partial charge < -0.3 is 9.80 Å². The predicted octanol–water partition coefficient (Wildman–Crippen LogP) is 6.81. The first kappa shape index (κ1) is 25.1. The van der Waals surface area contributed by atoms with Crippen LogP contribution in [0, 0.1) is 24.9 Å². The Bertz CT molecular complexity index is 1260. The fourth-order valence-electron chi connectivity index (χ4n) is 3.54. The number of hydrogen-bond acceptors (Lipinski definition) is 4. The van der Waals surface area contributed by atoms with E-state index in [0.29, 0.717) is 0 Å². The van der Waals surface area contributed by atoms with Crippen LogP contribution in [0.1, 0.15) is 0 Å². The molecule has 4 nitrogen and oxygen atoms in total. The Morgan fingerprint density at radius 1 is 0.556 bits per heavy atom. The summed E-state index contributed by atoms with van der Waals surface area (Å²) in [6.07, 6.45) is 7.59. The molecule has 1 radical (unpaired) electrons. The van der Waals surface area contributed by atoms with Crippen molar-refractivity contribution in [2.24, 2.45) is 0 Å². The minimum absolute atomic E-state index is 0. The molecule has 36 heavy (non-hydrogen) atoms. The molecular weight excluding hydrogens is 621 g/mol. The smallest absolute Gasteiger partial charge is 0.0183 e. The number of hydrogen-bond donors (Lipinski definition) is 0. The van der Waals surface area contributed by atoms with E-state index in [-0.39, 0.29) is 20.1 Å². The van der Waals surface area contributed by atoms with Crippen LogP contribution in [0.25, 0.3) is 22.5 Å². The van der Waals surface area contributed by atoms with Crippen LogP contribution in [-0.4, -0.2) is 9.97 Å². The Labute approximate surface area is 226 Å². The van der Waals surface area contributed by atoms with Gasteiger partial charge in [-0.25, -0.2) is 0 Å². The molecule has 0 saturated carbocycles. The van der Waals surface area contributed by atoms with Crippen LogP contribution in [0.15, 0.2) is 128 Å². The van der Waals surface area contributed by atoms with E-state index in [2.05, 4.69) is 28.2 Å². The minimum Gasteiger partial charge on any atom is -0.500 e. The van der Waals surface area contributed by atoms with E-state index in [1.807, 2.05) is 132 Å². The molecule has 0 aliphatic carbocycles. The van der Waals surface area contributed by atoms with Crippen LogP contribution in [0.3, 0.4) is 0 Å². The largest absolute Gasteiger partial charge is 0.500 e. The van der Waals surface area contributed by atoms with Gasteiger partial charge in [-0.05, 0) is 24.5 Å². The third-order valence-corrected chi connectivity index (χ3v) is 5.26. The Morgan fingerprint density at radius 2 is 1.06 bits per heavy atom. The van der Waals surface area contributed by atoms with E-state index in [1.165, 1.54) is 0 Å². The van der Waals surface area contributed by atoms with E-state index in [9.17, 15) is 0 Å². The maximum atomic E-state index is 4.33. The summed E-state index contributed by atoms with van der Waals surface area (Å²) in [5.74, 6) is 0. The van der Waals surface area contributed by atoms with Gasteiger partial charge >= 0.3 is 0 Å². The zero-order chi connectivity index (χ0) is 23.7. The van der Waals surface area contributed by atoms with Crippen LogP contribution in [-0.2, 0) is 20.1 Å². The summed E-state index contributed by atoms with van der Waals surface area (Å²) in [5, 5.41) is 0. The van der Waals surface area contributed by atoms with E-state index in [1.54, 1.807) is 12.4 Å². The fourth-order valence-corrected chi connectivity index (χ4v) is 3.54. The number of para-hydroxylation sites is 2. The summed E-state index contributed by atoms with van der Waals surface area (Å²) in [7, 11) is 0. The van der Waals surface area contributed by atoms with Gasteiger partial charge in [0.1, 0.15) is 0 Å². The number of nitrogens with zero attached hydrogens (tertiary/aromatic N) is 4. The molecule has 0 spiro atoms. The van der Waals surface area contributed by atoms with Crippen molar-refractivity contribution in [3.63, 3.8) is 0 Å². The Balaban J connectivity index is 0.000000165. The number of rotatable bonds is 4. The molecule has 1 aliphatic rings.